The molecule has 0 radical (unpaired) electrons. The highest BCUT2D eigenvalue weighted by atomic mass is 79.9. The summed E-state index contributed by atoms with van der Waals surface area (Å²) in [5.41, 5.74) is 10.4. The summed E-state index contributed by atoms with van der Waals surface area (Å²) in [5, 5.41) is 0. The maximum Gasteiger partial charge on any atom is 0.244 e. The van der Waals surface area contributed by atoms with Crippen molar-refractivity contribution in [3.05, 3.63) is 16.7 Å². The van der Waals surface area contributed by atoms with Gasteiger partial charge in [0.05, 0.1) is 0 Å². The van der Waals surface area contributed by atoms with Gasteiger partial charge in [-0.15, -0.1) is 0 Å². The van der Waals surface area contributed by atoms with Crippen molar-refractivity contribution in [3.8, 4) is 0 Å². The summed E-state index contributed by atoms with van der Waals surface area (Å²) in [6.07, 6.45) is 1.30. The van der Waals surface area contributed by atoms with Gasteiger partial charge in [-0.1, -0.05) is 0 Å². The van der Waals surface area contributed by atoms with Gasteiger partial charge in [-0.2, -0.15) is 0 Å². The third-order valence-electron chi connectivity index (χ3n) is 1.80. The van der Waals surface area contributed by atoms with Crippen LogP contribution in [0, 0.1) is 0 Å². The summed E-state index contributed by atoms with van der Waals surface area (Å²) in [6.45, 7) is -0.0797. The fourth-order valence-corrected chi connectivity index (χ4v) is 2.65. The number of hydrogen-bond acceptors (Lipinski definition) is 5. The first-order valence-corrected chi connectivity index (χ1v) is 6.79. The molecule has 1 amide bonds. The quantitative estimate of drug-likeness (QED) is 0.678. The van der Waals surface area contributed by atoms with Crippen molar-refractivity contribution in [3.63, 3.8) is 0 Å². The van der Waals surface area contributed by atoms with Gasteiger partial charge in [0.2, 0.25) is 15.9 Å². The van der Waals surface area contributed by atoms with Gasteiger partial charge in [0.1, 0.15) is 10.7 Å². The molecule has 0 aliphatic heterocycles. The van der Waals surface area contributed by atoms with Crippen molar-refractivity contribution >= 4 is 37.7 Å². The van der Waals surface area contributed by atoms with Crippen molar-refractivity contribution in [2.45, 2.75) is 11.3 Å². The first-order chi connectivity index (χ1) is 7.83. The Balaban J connectivity index is 2.89. The second-order valence-corrected chi connectivity index (χ2v) is 5.80. The highest BCUT2D eigenvalue weighted by Crippen LogP contribution is 2.20. The molecular weight excluding hydrogens is 312 g/mol. The molecule has 0 fully saturated rings. The van der Waals surface area contributed by atoms with Crippen LogP contribution in [0.25, 0.3) is 0 Å². The standard InChI is InChI=1S/C8H11BrN4O3S/c9-5-3-6(8(11)12-4-5)17(15,16)13-2-1-7(10)14/h3-4,13H,1-2H2,(H2,10,14)(H2,11,12). The highest BCUT2D eigenvalue weighted by molar-refractivity contribution is 9.10. The van der Waals surface area contributed by atoms with E-state index in [4.69, 9.17) is 11.5 Å². The molecule has 0 saturated heterocycles. The monoisotopic (exact) mass is 322 g/mol. The number of rotatable bonds is 5. The molecule has 5 N–H and O–H groups in total. The second kappa shape index (κ2) is 5.43. The Morgan fingerprint density at radius 1 is 1.53 bits per heavy atom. The number of sulfonamides is 1. The average Bonchev–Trinajstić information content (AvgIpc) is 2.20. The Kier molecular flexibility index (Phi) is 4.43. The van der Waals surface area contributed by atoms with Gasteiger partial charge in [0, 0.05) is 23.6 Å². The van der Waals surface area contributed by atoms with Crippen molar-refractivity contribution in [1.82, 2.24) is 9.71 Å². The number of carbonyl (C=O) groups is 1. The number of anilines is 1. The zero-order valence-electron chi connectivity index (χ0n) is 8.68. The lowest BCUT2D eigenvalue weighted by Gasteiger charge is -2.07. The number of carbonyl (C=O) groups excluding carboxylic acids is 1. The molecule has 94 valence electrons. The van der Waals surface area contributed by atoms with E-state index in [9.17, 15) is 13.2 Å². The molecule has 1 rings (SSSR count). The van der Waals surface area contributed by atoms with Crippen molar-refractivity contribution in [1.29, 1.82) is 0 Å². The molecule has 17 heavy (non-hydrogen) atoms. The molecule has 1 aromatic heterocycles. The Bertz CT molecular complexity index is 532. The van der Waals surface area contributed by atoms with E-state index in [0.29, 0.717) is 4.47 Å². The molecule has 0 aliphatic carbocycles. The van der Waals surface area contributed by atoms with Gasteiger partial charge >= 0.3 is 0 Å². The van der Waals surface area contributed by atoms with E-state index in [-0.39, 0.29) is 23.7 Å². The molecule has 0 atom stereocenters. The van der Waals surface area contributed by atoms with Crippen LogP contribution in [0.1, 0.15) is 6.42 Å². The molecule has 7 nitrogen and oxygen atoms in total. The number of amides is 1. The molecule has 0 bridgehead atoms. The third kappa shape index (κ3) is 3.95. The number of aromatic nitrogens is 1. The van der Waals surface area contributed by atoms with Crippen LogP contribution in [0.5, 0.6) is 0 Å². The average molecular weight is 323 g/mol. The van der Waals surface area contributed by atoms with Crippen LogP contribution in [0.4, 0.5) is 5.82 Å². The predicted molar refractivity (Wildman–Crippen MR) is 65.3 cm³/mol. The van der Waals surface area contributed by atoms with Crippen LogP contribution < -0.4 is 16.2 Å². The van der Waals surface area contributed by atoms with Crippen LogP contribution >= 0.6 is 15.9 Å². The smallest absolute Gasteiger partial charge is 0.244 e. The Morgan fingerprint density at radius 2 is 2.18 bits per heavy atom. The topological polar surface area (TPSA) is 128 Å². The van der Waals surface area contributed by atoms with Gasteiger partial charge in [-0.3, -0.25) is 4.79 Å². The molecule has 0 unspecified atom stereocenters. The van der Waals surface area contributed by atoms with E-state index in [2.05, 4.69) is 25.6 Å². The molecule has 0 aromatic carbocycles. The van der Waals surface area contributed by atoms with Crippen molar-refractivity contribution in [2.24, 2.45) is 5.73 Å². The fraction of sp³-hybridized carbons (Fsp3) is 0.250. The van der Waals surface area contributed by atoms with E-state index < -0.39 is 15.9 Å². The summed E-state index contributed by atoms with van der Waals surface area (Å²) >= 11 is 3.10. The fourth-order valence-electron chi connectivity index (χ4n) is 1.03. The van der Waals surface area contributed by atoms with Crippen molar-refractivity contribution in [2.75, 3.05) is 12.3 Å². The Hall–Kier alpha value is -1.19. The number of nitrogens with one attached hydrogen (secondary N) is 1. The van der Waals surface area contributed by atoms with E-state index in [1.807, 2.05) is 0 Å². The van der Waals surface area contributed by atoms with E-state index in [1.165, 1.54) is 12.3 Å². The van der Waals surface area contributed by atoms with Gasteiger partial charge < -0.3 is 11.5 Å². The maximum absolute atomic E-state index is 11.8. The zero-order valence-corrected chi connectivity index (χ0v) is 11.1. The lowest BCUT2D eigenvalue weighted by molar-refractivity contribution is -0.117. The van der Waals surface area contributed by atoms with Gasteiger partial charge in [0.15, 0.2) is 0 Å². The predicted octanol–water partition coefficient (Wildman–Crippen LogP) is -0.420. The number of nitrogens with zero attached hydrogens (tertiary/aromatic N) is 1. The minimum absolute atomic E-state index is 0.0797. The number of halogens is 1. The van der Waals surface area contributed by atoms with Crippen LogP contribution in [0.3, 0.4) is 0 Å². The Morgan fingerprint density at radius 3 is 2.76 bits per heavy atom. The molecule has 0 saturated carbocycles. The summed E-state index contributed by atoms with van der Waals surface area (Å²) in [7, 11) is -3.78. The normalized spacial score (nSPS) is 11.4. The van der Waals surface area contributed by atoms with Gasteiger partial charge in [0.25, 0.3) is 0 Å². The van der Waals surface area contributed by atoms with Crippen LogP contribution in [0.15, 0.2) is 21.6 Å². The number of nitrogens with two attached hydrogens (primary N) is 2. The summed E-state index contributed by atoms with van der Waals surface area (Å²) in [4.78, 5) is 14.1. The first kappa shape index (κ1) is 13.9. The highest BCUT2D eigenvalue weighted by Gasteiger charge is 2.18. The lowest BCUT2D eigenvalue weighted by Crippen LogP contribution is -2.28. The Labute approximate surface area is 107 Å². The van der Waals surface area contributed by atoms with Gasteiger partial charge in [-0.25, -0.2) is 18.1 Å². The second-order valence-electron chi connectivity index (χ2n) is 3.15. The minimum atomic E-state index is -3.78. The zero-order chi connectivity index (χ0) is 13.1. The number of pyridine rings is 1. The van der Waals surface area contributed by atoms with Crippen LogP contribution in [0.2, 0.25) is 0 Å². The van der Waals surface area contributed by atoms with E-state index in [1.54, 1.807) is 0 Å². The summed E-state index contributed by atoms with van der Waals surface area (Å²) in [5.74, 6) is -0.701. The maximum atomic E-state index is 11.8. The molecule has 9 heteroatoms. The minimum Gasteiger partial charge on any atom is -0.383 e. The van der Waals surface area contributed by atoms with E-state index >= 15 is 0 Å². The van der Waals surface area contributed by atoms with E-state index in [0.717, 1.165) is 0 Å². The molecule has 0 spiro atoms. The molecule has 1 aromatic rings. The molecule has 0 aliphatic rings. The summed E-state index contributed by atoms with van der Waals surface area (Å²) < 4.78 is 26.3. The SMILES string of the molecule is NC(=O)CCNS(=O)(=O)c1cc(Br)cnc1N. The largest absolute Gasteiger partial charge is 0.383 e. The number of primary amides is 1. The molecule has 1 heterocycles. The number of nitrogen functional groups attached to an aromatic ring is 1. The van der Waals surface area contributed by atoms with Crippen LogP contribution in [-0.4, -0.2) is 25.9 Å². The van der Waals surface area contributed by atoms with Gasteiger partial charge in [-0.05, 0) is 22.0 Å². The number of hydrogen-bond donors (Lipinski definition) is 3. The van der Waals surface area contributed by atoms with Crippen molar-refractivity contribution < 1.29 is 13.2 Å². The third-order valence-corrected chi connectivity index (χ3v) is 3.73. The molecular formula is C8H11BrN4O3S. The lowest BCUT2D eigenvalue weighted by atomic mass is 10.4. The summed E-state index contributed by atoms with van der Waals surface area (Å²) in [6, 6.07) is 1.33. The first-order valence-electron chi connectivity index (χ1n) is 4.52. The van der Waals surface area contributed by atoms with Crippen LogP contribution in [-0.2, 0) is 14.8 Å².